The van der Waals surface area contributed by atoms with E-state index in [9.17, 15) is 21.6 Å². The predicted octanol–water partition coefficient (Wildman–Crippen LogP) is 1.46. The molecule has 0 aromatic carbocycles. The van der Waals surface area contributed by atoms with E-state index in [4.69, 9.17) is 11.6 Å². The van der Waals surface area contributed by atoms with Crippen molar-refractivity contribution >= 4 is 21.6 Å². The van der Waals surface area contributed by atoms with Gasteiger partial charge in [-0.1, -0.05) is 11.6 Å². The van der Waals surface area contributed by atoms with Gasteiger partial charge < -0.3 is 0 Å². The normalized spacial score (nSPS) is 12.1. The summed E-state index contributed by atoms with van der Waals surface area (Å²) in [7, 11) is -4.29. The van der Waals surface area contributed by atoms with Gasteiger partial charge in [0.15, 0.2) is 10.8 Å². The Balaban J connectivity index is 3.50. The minimum Gasteiger partial charge on any atom is -0.231 e. The second kappa shape index (κ2) is 3.95. The van der Waals surface area contributed by atoms with Gasteiger partial charge in [-0.05, 0) is 6.07 Å². The van der Waals surface area contributed by atoms with Crippen LogP contribution in [0.1, 0.15) is 12.1 Å². The first kappa shape index (κ1) is 12.2. The number of rotatable bonds is 2. The topological polar surface area (TPSA) is 73.1 Å². The fourth-order valence-corrected chi connectivity index (χ4v) is 1.56. The smallest absolute Gasteiger partial charge is 0.231 e. The molecule has 0 saturated carbocycles. The molecule has 0 radical (unpaired) electrons. The highest BCUT2D eigenvalue weighted by Gasteiger charge is 2.22. The fourth-order valence-electron chi connectivity index (χ4n) is 0.785. The molecule has 0 spiro atoms. The number of hydrogen-bond donors (Lipinski definition) is 1. The van der Waals surface area contributed by atoms with Crippen LogP contribution in [0.15, 0.2) is 11.1 Å². The summed E-state index contributed by atoms with van der Waals surface area (Å²) < 4.78 is 58.8. The van der Waals surface area contributed by atoms with Crippen LogP contribution in [0.25, 0.3) is 0 Å². The summed E-state index contributed by atoms with van der Waals surface area (Å²) in [4.78, 5) is 2.88. The number of primary sulfonamides is 1. The fraction of sp³-hybridized carbons (Fsp3) is 0.167. The number of sulfonamides is 1. The summed E-state index contributed by atoms with van der Waals surface area (Å²) in [6, 6.07) is 0.568. The van der Waals surface area contributed by atoms with Crippen LogP contribution in [-0.2, 0) is 10.0 Å². The molecule has 0 aliphatic heterocycles. The van der Waals surface area contributed by atoms with Crippen molar-refractivity contribution in [2.45, 2.75) is 11.5 Å². The Bertz CT molecular complexity index is 491. The molecule has 1 aromatic rings. The average Bonchev–Trinajstić information content (AvgIpc) is 2.06. The highest BCUT2D eigenvalue weighted by atomic mass is 35.5. The largest absolute Gasteiger partial charge is 0.283 e. The van der Waals surface area contributed by atoms with Gasteiger partial charge in [-0.25, -0.2) is 31.7 Å². The van der Waals surface area contributed by atoms with E-state index in [2.05, 4.69) is 10.1 Å². The van der Waals surface area contributed by atoms with E-state index in [1.165, 1.54) is 0 Å². The van der Waals surface area contributed by atoms with Gasteiger partial charge in [-0.3, -0.25) is 0 Å². The van der Waals surface area contributed by atoms with Crippen molar-refractivity contribution in [1.82, 2.24) is 4.98 Å². The molecular formula is C6H4ClF3N2O2S. The molecule has 1 heterocycles. The number of hydrogen-bond acceptors (Lipinski definition) is 3. The van der Waals surface area contributed by atoms with Crippen LogP contribution < -0.4 is 5.14 Å². The highest BCUT2D eigenvalue weighted by Crippen LogP contribution is 2.26. The van der Waals surface area contributed by atoms with Crippen LogP contribution >= 0.6 is 11.6 Å². The first-order chi connectivity index (χ1) is 6.73. The first-order valence-corrected chi connectivity index (χ1v) is 5.33. The molecule has 0 aliphatic carbocycles. The molecular weight excluding hydrogens is 257 g/mol. The SMILES string of the molecule is NS(=O)(=O)c1cc(Cl)c(F)c(C(F)F)n1. The predicted molar refractivity (Wildman–Crippen MR) is 45.5 cm³/mol. The standard InChI is InChI=1S/C6H4ClF3N2O2S/c7-2-1-3(15(11,13)14)12-5(4(2)8)6(9)10/h1,6H,(H2,11,13,14). The number of aromatic nitrogens is 1. The first-order valence-electron chi connectivity index (χ1n) is 3.40. The Hall–Kier alpha value is -0.860. The molecule has 1 aromatic heterocycles. The van der Waals surface area contributed by atoms with E-state index < -0.39 is 38.0 Å². The maximum atomic E-state index is 12.9. The maximum Gasteiger partial charge on any atom is 0.283 e. The molecule has 9 heteroatoms. The Morgan fingerprint density at radius 2 is 2.00 bits per heavy atom. The molecule has 1 rings (SSSR count). The molecule has 4 nitrogen and oxygen atoms in total. The van der Waals surface area contributed by atoms with Crippen molar-refractivity contribution in [3.05, 3.63) is 22.6 Å². The van der Waals surface area contributed by atoms with Crippen LogP contribution in [0.5, 0.6) is 0 Å². The molecule has 0 aliphatic rings. The van der Waals surface area contributed by atoms with Gasteiger partial charge in [-0.15, -0.1) is 0 Å². The summed E-state index contributed by atoms with van der Waals surface area (Å²) >= 11 is 5.20. The van der Waals surface area contributed by atoms with Crippen molar-refractivity contribution in [2.75, 3.05) is 0 Å². The number of nitrogens with zero attached hydrogens (tertiary/aromatic N) is 1. The molecule has 84 valence electrons. The molecule has 0 bridgehead atoms. The zero-order valence-corrected chi connectivity index (χ0v) is 8.49. The monoisotopic (exact) mass is 260 g/mol. The minimum absolute atomic E-state index is 0.568. The van der Waals surface area contributed by atoms with Crippen molar-refractivity contribution in [1.29, 1.82) is 0 Å². The third-order valence-corrected chi connectivity index (χ3v) is 2.48. The van der Waals surface area contributed by atoms with Crippen molar-refractivity contribution in [3.63, 3.8) is 0 Å². The third kappa shape index (κ3) is 2.58. The third-order valence-electron chi connectivity index (χ3n) is 1.41. The number of pyridine rings is 1. The zero-order chi connectivity index (χ0) is 11.8. The second-order valence-corrected chi connectivity index (χ2v) is 4.40. The van der Waals surface area contributed by atoms with Crippen molar-refractivity contribution in [2.24, 2.45) is 5.14 Å². The van der Waals surface area contributed by atoms with Crippen molar-refractivity contribution in [3.8, 4) is 0 Å². The lowest BCUT2D eigenvalue weighted by atomic mass is 10.3. The van der Waals surface area contributed by atoms with Gasteiger partial charge in [0.25, 0.3) is 16.4 Å². The Labute approximate surface area is 87.9 Å². The lowest BCUT2D eigenvalue weighted by Gasteiger charge is -2.05. The summed E-state index contributed by atoms with van der Waals surface area (Å²) in [5, 5.41) is 2.96. The van der Waals surface area contributed by atoms with Gasteiger partial charge in [0, 0.05) is 0 Å². The van der Waals surface area contributed by atoms with Gasteiger partial charge in [0.1, 0.15) is 5.69 Å². The maximum absolute atomic E-state index is 12.9. The molecule has 0 amide bonds. The summed E-state index contributed by atoms with van der Waals surface area (Å²) in [6.45, 7) is 0. The van der Waals surface area contributed by atoms with Gasteiger partial charge >= 0.3 is 0 Å². The van der Waals surface area contributed by atoms with E-state index in [1.807, 2.05) is 0 Å². The van der Waals surface area contributed by atoms with Crippen LogP contribution in [0, 0.1) is 5.82 Å². The molecule has 2 N–H and O–H groups in total. The highest BCUT2D eigenvalue weighted by molar-refractivity contribution is 7.89. The van der Waals surface area contributed by atoms with E-state index >= 15 is 0 Å². The van der Waals surface area contributed by atoms with Crippen LogP contribution in [0.4, 0.5) is 13.2 Å². The molecule has 0 unspecified atom stereocenters. The van der Waals surface area contributed by atoms with Gasteiger partial charge in [0.2, 0.25) is 0 Å². The number of alkyl halides is 2. The molecule has 15 heavy (non-hydrogen) atoms. The Morgan fingerprint density at radius 3 is 2.40 bits per heavy atom. The Morgan fingerprint density at radius 1 is 1.47 bits per heavy atom. The lowest BCUT2D eigenvalue weighted by Crippen LogP contribution is -2.15. The zero-order valence-electron chi connectivity index (χ0n) is 6.92. The second-order valence-electron chi connectivity index (χ2n) is 2.49. The van der Waals surface area contributed by atoms with Crippen LogP contribution in [0.2, 0.25) is 5.02 Å². The number of nitrogens with two attached hydrogens (primary N) is 1. The Kier molecular flexibility index (Phi) is 3.22. The van der Waals surface area contributed by atoms with Gasteiger partial charge in [0.05, 0.1) is 5.02 Å². The van der Waals surface area contributed by atoms with Gasteiger partial charge in [-0.2, -0.15) is 0 Å². The quantitative estimate of drug-likeness (QED) is 0.875. The lowest BCUT2D eigenvalue weighted by molar-refractivity contribution is 0.139. The van der Waals surface area contributed by atoms with E-state index in [0.717, 1.165) is 0 Å². The van der Waals surface area contributed by atoms with Crippen LogP contribution in [0.3, 0.4) is 0 Å². The summed E-state index contributed by atoms with van der Waals surface area (Å²) in [5.74, 6) is -1.46. The van der Waals surface area contributed by atoms with E-state index in [0.29, 0.717) is 6.07 Å². The molecule has 0 fully saturated rings. The van der Waals surface area contributed by atoms with E-state index in [-0.39, 0.29) is 0 Å². The van der Waals surface area contributed by atoms with Crippen LogP contribution in [-0.4, -0.2) is 13.4 Å². The van der Waals surface area contributed by atoms with Crippen molar-refractivity contribution < 1.29 is 21.6 Å². The summed E-state index contributed by atoms with van der Waals surface area (Å²) in [5.41, 5.74) is -1.34. The molecule has 0 atom stereocenters. The molecule has 0 saturated heterocycles. The number of halogens is 4. The van der Waals surface area contributed by atoms with E-state index in [1.54, 1.807) is 0 Å². The average molecular weight is 261 g/mol. The summed E-state index contributed by atoms with van der Waals surface area (Å²) in [6.07, 6.45) is -3.27. The minimum atomic E-state index is -4.29.